The molecule has 0 bridgehead atoms. The summed E-state index contributed by atoms with van der Waals surface area (Å²) in [6.45, 7) is 11.5. The van der Waals surface area contributed by atoms with Crippen LogP contribution in [-0.4, -0.2) is 78.3 Å². The molecule has 12 heteroatoms. The van der Waals surface area contributed by atoms with E-state index in [1.165, 1.54) is 15.8 Å². The quantitative estimate of drug-likeness (QED) is 0.254. The van der Waals surface area contributed by atoms with Crippen LogP contribution in [0.3, 0.4) is 0 Å². The van der Waals surface area contributed by atoms with E-state index in [1.807, 2.05) is 13.8 Å². The van der Waals surface area contributed by atoms with Gasteiger partial charge >= 0.3 is 0 Å². The minimum absolute atomic E-state index is 0.00665. The maximum absolute atomic E-state index is 13.1. The minimum atomic E-state index is -3.61. The van der Waals surface area contributed by atoms with Gasteiger partial charge in [-0.2, -0.15) is 10.1 Å². The molecular formula is C32H45N7O4S. The summed E-state index contributed by atoms with van der Waals surface area (Å²) in [5.41, 5.74) is 4.25. The van der Waals surface area contributed by atoms with Crippen molar-refractivity contribution in [3.63, 3.8) is 0 Å². The Morgan fingerprint density at radius 3 is 2.61 bits per heavy atom. The Hall–Kier alpha value is -3.48. The van der Waals surface area contributed by atoms with Crippen LogP contribution in [0.4, 0.5) is 23.1 Å². The van der Waals surface area contributed by atoms with Crippen LogP contribution in [0.15, 0.2) is 36.1 Å². The van der Waals surface area contributed by atoms with Gasteiger partial charge in [-0.05, 0) is 81.3 Å². The molecule has 1 saturated carbocycles. The number of benzene rings is 1. The second-order valence-corrected chi connectivity index (χ2v) is 14.4. The zero-order valence-electron chi connectivity index (χ0n) is 26.6. The maximum atomic E-state index is 13.1. The largest absolute Gasteiger partial charge is 0.488 e. The first kappa shape index (κ1) is 31.9. The molecule has 11 nitrogen and oxygen atoms in total. The van der Waals surface area contributed by atoms with Gasteiger partial charge in [0, 0.05) is 38.2 Å². The fourth-order valence-corrected chi connectivity index (χ4v) is 7.52. The highest BCUT2D eigenvalue weighted by Gasteiger charge is 2.30. The van der Waals surface area contributed by atoms with Crippen LogP contribution in [0, 0.1) is 12.8 Å². The molecular weight excluding hydrogens is 578 g/mol. The number of aromatic nitrogens is 4. The predicted molar refractivity (Wildman–Crippen MR) is 174 cm³/mol. The first-order chi connectivity index (χ1) is 21.0. The van der Waals surface area contributed by atoms with Crippen molar-refractivity contribution in [2.45, 2.75) is 69.5 Å². The average Bonchev–Trinajstić information content (AvgIpc) is 3.70. The Morgan fingerprint density at radius 2 is 1.93 bits per heavy atom. The summed E-state index contributed by atoms with van der Waals surface area (Å²) in [6.07, 6.45) is 9.33. The molecule has 2 N–H and O–H groups in total. The van der Waals surface area contributed by atoms with E-state index in [9.17, 15) is 8.42 Å². The highest BCUT2D eigenvalue weighted by atomic mass is 32.2. The molecule has 2 aliphatic rings. The van der Waals surface area contributed by atoms with Gasteiger partial charge in [0.15, 0.2) is 9.84 Å². The summed E-state index contributed by atoms with van der Waals surface area (Å²) < 4.78 is 39.6. The summed E-state index contributed by atoms with van der Waals surface area (Å²) in [7, 11) is 2.01. The van der Waals surface area contributed by atoms with E-state index < -0.39 is 9.84 Å². The van der Waals surface area contributed by atoms with Gasteiger partial charge in [0.25, 0.3) is 0 Å². The van der Waals surface area contributed by atoms with Gasteiger partial charge in [0.05, 0.1) is 29.8 Å². The second kappa shape index (κ2) is 13.3. The Morgan fingerprint density at radius 1 is 1.16 bits per heavy atom. The monoisotopic (exact) mass is 623 g/mol. The van der Waals surface area contributed by atoms with Gasteiger partial charge in [0.1, 0.15) is 11.6 Å². The molecule has 1 aliphatic heterocycles. The van der Waals surface area contributed by atoms with Gasteiger partial charge in [-0.15, -0.1) is 0 Å². The Kier molecular flexibility index (Phi) is 9.62. The summed E-state index contributed by atoms with van der Waals surface area (Å²) >= 11 is 0. The van der Waals surface area contributed by atoms with Crippen LogP contribution in [-0.2, 0) is 21.6 Å². The Balaban J connectivity index is 1.44. The fraction of sp³-hybridized carbons (Fsp3) is 0.531. The van der Waals surface area contributed by atoms with Crippen molar-refractivity contribution in [3.8, 4) is 5.75 Å². The molecule has 1 aromatic carbocycles. The average molecular weight is 624 g/mol. The molecule has 3 heterocycles. The number of anilines is 4. The Labute approximate surface area is 261 Å². The maximum Gasteiger partial charge on any atom is 0.229 e. The number of nitrogens with one attached hydrogen (secondary N) is 2. The van der Waals surface area contributed by atoms with E-state index in [-0.39, 0.29) is 22.8 Å². The number of likely N-dealkylation sites (tertiary alicyclic amines) is 1. The van der Waals surface area contributed by atoms with Crippen LogP contribution >= 0.6 is 0 Å². The van der Waals surface area contributed by atoms with E-state index in [2.05, 4.69) is 58.3 Å². The number of rotatable bonds is 13. The molecule has 2 fully saturated rings. The topological polar surface area (TPSA) is 124 Å². The molecule has 0 spiro atoms. The first-order valence-corrected chi connectivity index (χ1v) is 16.9. The molecule has 2 unspecified atom stereocenters. The molecule has 44 heavy (non-hydrogen) atoms. The predicted octanol–water partition coefficient (Wildman–Crippen LogP) is 5.44. The van der Waals surface area contributed by atoms with E-state index in [0.29, 0.717) is 35.0 Å². The van der Waals surface area contributed by atoms with Crippen molar-refractivity contribution in [2.75, 3.05) is 43.7 Å². The van der Waals surface area contributed by atoms with Crippen LogP contribution < -0.4 is 15.4 Å². The molecule has 0 amide bonds. The number of nitrogens with zero attached hydrogens (tertiary/aromatic N) is 5. The summed E-state index contributed by atoms with van der Waals surface area (Å²) in [5.74, 6) is 1.92. The summed E-state index contributed by atoms with van der Waals surface area (Å²) in [4.78, 5) is 11.7. The van der Waals surface area contributed by atoms with Crippen molar-refractivity contribution < 1.29 is 17.9 Å². The molecule has 2 atom stereocenters. The molecule has 1 aliphatic carbocycles. The van der Waals surface area contributed by atoms with Gasteiger partial charge in [-0.1, -0.05) is 26.5 Å². The number of aryl methyl sites for hydroxylation is 2. The molecule has 1 saturated heterocycles. The zero-order chi connectivity index (χ0) is 31.6. The zero-order valence-corrected chi connectivity index (χ0v) is 27.4. The fourth-order valence-electron chi connectivity index (χ4n) is 5.79. The molecule has 0 radical (unpaired) electrons. The van der Waals surface area contributed by atoms with Crippen LogP contribution in [0.25, 0.3) is 6.08 Å². The molecule has 2 aromatic heterocycles. The van der Waals surface area contributed by atoms with Crippen molar-refractivity contribution in [1.29, 1.82) is 0 Å². The second-order valence-electron chi connectivity index (χ2n) is 12.5. The molecule has 5 rings (SSSR count). The number of sulfone groups is 1. The summed E-state index contributed by atoms with van der Waals surface area (Å²) in [5, 5.41) is 10.8. The van der Waals surface area contributed by atoms with Crippen LogP contribution in [0.5, 0.6) is 5.75 Å². The number of hydrogen-bond acceptors (Lipinski definition) is 10. The minimum Gasteiger partial charge on any atom is -0.488 e. The standard InChI is InChI=1S/C32H45N7O4S/c1-8-22-16-33-32(36-30(22)34-28-17-39(6)37-31(28)44(40,41)19-20(2)3)35-27-13-21(4)26(15-29(27)43-25-9-10-25)23-11-12-38(5)24(14-23)18-42-7/h8,13,15-17,20,23-25H,1,9-12,14,18-19H2,2-7H3,(H2,33,34,35,36). The van der Waals surface area contributed by atoms with E-state index in [0.717, 1.165) is 50.3 Å². The SMILES string of the molecule is C=Cc1cnc(Nc2cc(C)c(C3CCN(C)C(COC)C3)cc2OC2CC2)nc1Nc1cn(C)nc1S(=O)(=O)CC(C)C. The number of methoxy groups -OCH3 is 1. The lowest BCUT2D eigenvalue weighted by Crippen LogP contribution is -2.41. The van der Waals surface area contributed by atoms with Crippen molar-refractivity contribution in [3.05, 3.63) is 47.8 Å². The van der Waals surface area contributed by atoms with Crippen LogP contribution in [0.2, 0.25) is 0 Å². The normalized spacial score (nSPS) is 19.2. The van der Waals surface area contributed by atoms with Gasteiger partial charge in [0.2, 0.25) is 11.0 Å². The number of ether oxygens (including phenoxy) is 2. The summed E-state index contributed by atoms with van der Waals surface area (Å²) in [6, 6.07) is 4.69. The smallest absolute Gasteiger partial charge is 0.229 e. The van der Waals surface area contributed by atoms with E-state index in [4.69, 9.17) is 14.5 Å². The third-order valence-electron chi connectivity index (χ3n) is 8.17. The molecule has 3 aromatic rings. The van der Waals surface area contributed by atoms with E-state index in [1.54, 1.807) is 32.6 Å². The van der Waals surface area contributed by atoms with Crippen molar-refractivity contribution in [2.24, 2.45) is 13.0 Å². The lowest BCUT2D eigenvalue weighted by atomic mass is 9.83. The van der Waals surface area contributed by atoms with Crippen LogP contribution in [0.1, 0.15) is 62.1 Å². The van der Waals surface area contributed by atoms with E-state index >= 15 is 0 Å². The highest BCUT2D eigenvalue weighted by molar-refractivity contribution is 7.91. The number of hydrogen-bond donors (Lipinski definition) is 2. The van der Waals surface area contributed by atoms with Gasteiger partial charge in [-0.25, -0.2) is 13.4 Å². The lowest BCUT2D eigenvalue weighted by Gasteiger charge is -2.37. The highest BCUT2D eigenvalue weighted by Crippen LogP contribution is 2.41. The third kappa shape index (κ3) is 7.41. The molecule has 238 valence electrons. The van der Waals surface area contributed by atoms with Crippen molar-refractivity contribution in [1.82, 2.24) is 24.6 Å². The van der Waals surface area contributed by atoms with Crippen molar-refractivity contribution >= 4 is 39.1 Å². The lowest BCUT2D eigenvalue weighted by molar-refractivity contribution is 0.0750. The van der Waals surface area contributed by atoms with Gasteiger partial charge in [-0.3, -0.25) is 4.68 Å². The van der Waals surface area contributed by atoms with Gasteiger partial charge < -0.3 is 25.0 Å². The Bertz CT molecular complexity index is 1600. The third-order valence-corrected chi connectivity index (χ3v) is 10.2. The first-order valence-electron chi connectivity index (χ1n) is 15.3. The number of likely N-dealkylation sites (N-methyl/N-ethyl adjacent to an activating group) is 1. The number of piperidine rings is 1.